The molecule has 128 valence electrons. The molecule has 3 nitrogen and oxygen atoms in total. The van der Waals surface area contributed by atoms with Crippen molar-refractivity contribution in [3.63, 3.8) is 0 Å². The van der Waals surface area contributed by atoms with Crippen LogP contribution in [-0.4, -0.2) is 37.3 Å². The summed E-state index contributed by atoms with van der Waals surface area (Å²) in [5.41, 5.74) is 1.26. The number of benzene rings is 2. The Labute approximate surface area is 149 Å². The van der Waals surface area contributed by atoms with Crippen molar-refractivity contribution in [2.24, 2.45) is 5.92 Å². The zero-order chi connectivity index (χ0) is 17.4. The first-order valence-electron chi connectivity index (χ1n) is 8.11. The van der Waals surface area contributed by atoms with Crippen molar-refractivity contribution in [1.82, 2.24) is 4.90 Å². The number of rotatable bonds is 8. The molecule has 0 N–H and O–H groups in total. The van der Waals surface area contributed by atoms with Gasteiger partial charge in [0.15, 0.2) is 0 Å². The van der Waals surface area contributed by atoms with E-state index in [1.165, 1.54) is 10.5 Å². The zero-order valence-electron chi connectivity index (χ0n) is 14.6. The fourth-order valence-electron chi connectivity index (χ4n) is 2.53. The van der Waals surface area contributed by atoms with E-state index in [2.05, 4.69) is 30.5 Å². The highest BCUT2D eigenvalue weighted by Gasteiger charge is 2.15. The molecular formula is C20H25NO2S. The number of thioether (sulfide) groups is 1. The zero-order valence-corrected chi connectivity index (χ0v) is 15.4. The number of nitrogens with zero attached hydrogens (tertiary/aromatic N) is 1. The lowest BCUT2D eigenvalue weighted by Crippen LogP contribution is -2.33. The molecule has 0 radical (unpaired) electrons. The Morgan fingerprint density at radius 1 is 1.12 bits per heavy atom. The highest BCUT2D eigenvalue weighted by Crippen LogP contribution is 2.20. The summed E-state index contributed by atoms with van der Waals surface area (Å²) >= 11 is 1.72. The van der Waals surface area contributed by atoms with Crippen LogP contribution in [0.2, 0.25) is 0 Å². The van der Waals surface area contributed by atoms with Gasteiger partial charge in [-0.15, -0.1) is 11.8 Å². The fourth-order valence-corrected chi connectivity index (χ4v) is 2.93. The fraction of sp³-hybridized carbons (Fsp3) is 0.350. The molecule has 1 unspecified atom stereocenters. The van der Waals surface area contributed by atoms with Crippen molar-refractivity contribution in [2.75, 3.05) is 26.5 Å². The third-order valence-electron chi connectivity index (χ3n) is 3.98. The molecule has 4 heteroatoms. The molecule has 2 aromatic rings. The lowest BCUT2D eigenvalue weighted by molar-refractivity contribution is -0.128. The first kappa shape index (κ1) is 18.4. The normalized spacial score (nSPS) is 11.8. The van der Waals surface area contributed by atoms with E-state index in [1.807, 2.05) is 37.4 Å². The van der Waals surface area contributed by atoms with Crippen molar-refractivity contribution >= 4 is 17.7 Å². The summed E-state index contributed by atoms with van der Waals surface area (Å²) in [5.74, 6) is 1.20. The van der Waals surface area contributed by atoms with E-state index in [0.29, 0.717) is 13.2 Å². The van der Waals surface area contributed by atoms with Crippen molar-refractivity contribution in [3.05, 3.63) is 60.2 Å². The van der Waals surface area contributed by atoms with Crippen LogP contribution < -0.4 is 4.74 Å². The molecule has 24 heavy (non-hydrogen) atoms. The number of carbonyl (C=O) groups excluding carboxylic acids is 1. The molecule has 0 aliphatic rings. The van der Waals surface area contributed by atoms with Crippen LogP contribution in [0.5, 0.6) is 5.75 Å². The van der Waals surface area contributed by atoms with Gasteiger partial charge in [-0.3, -0.25) is 4.79 Å². The van der Waals surface area contributed by atoms with E-state index in [1.54, 1.807) is 23.6 Å². The maximum atomic E-state index is 11.6. The number of hydrogen-bond donors (Lipinski definition) is 0. The average molecular weight is 343 g/mol. The second-order valence-electron chi connectivity index (χ2n) is 5.94. The third kappa shape index (κ3) is 5.93. The predicted octanol–water partition coefficient (Wildman–Crippen LogP) is 4.12. The number of carbonyl (C=O) groups is 1. The number of ether oxygens (including phenoxy) is 1. The van der Waals surface area contributed by atoms with Crippen LogP contribution in [0.3, 0.4) is 0 Å². The summed E-state index contributed by atoms with van der Waals surface area (Å²) in [4.78, 5) is 14.5. The van der Waals surface area contributed by atoms with Crippen molar-refractivity contribution in [2.45, 2.75) is 18.2 Å². The standard InChI is InChI=1S/C20H25NO2S/c1-16(22)21(2)14-18(13-17-7-5-4-6-8-17)15-23-19-9-11-20(24-3)12-10-19/h4-12,18H,13-15H2,1-3H3. The lowest BCUT2D eigenvalue weighted by atomic mass is 9.99. The molecule has 0 fully saturated rings. The van der Waals surface area contributed by atoms with E-state index >= 15 is 0 Å². The lowest BCUT2D eigenvalue weighted by Gasteiger charge is -2.24. The molecule has 0 saturated heterocycles. The molecule has 1 atom stereocenters. The molecule has 0 bridgehead atoms. The highest BCUT2D eigenvalue weighted by molar-refractivity contribution is 7.98. The Morgan fingerprint density at radius 3 is 2.38 bits per heavy atom. The van der Waals surface area contributed by atoms with Crippen molar-refractivity contribution in [1.29, 1.82) is 0 Å². The van der Waals surface area contributed by atoms with Crippen LogP contribution in [0, 0.1) is 5.92 Å². The summed E-state index contributed by atoms with van der Waals surface area (Å²) in [7, 11) is 1.84. The summed E-state index contributed by atoms with van der Waals surface area (Å²) < 4.78 is 5.97. The van der Waals surface area contributed by atoms with Crippen LogP contribution in [-0.2, 0) is 11.2 Å². The Morgan fingerprint density at radius 2 is 1.79 bits per heavy atom. The summed E-state index contributed by atoms with van der Waals surface area (Å²) in [6.45, 7) is 2.87. The molecule has 2 rings (SSSR count). The number of amides is 1. The van der Waals surface area contributed by atoms with Gasteiger partial charge in [-0.25, -0.2) is 0 Å². The third-order valence-corrected chi connectivity index (χ3v) is 4.73. The molecule has 1 amide bonds. The van der Waals surface area contributed by atoms with Gasteiger partial charge in [0.1, 0.15) is 5.75 Å². The van der Waals surface area contributed by atoms with Gasteiger partial charge in [0.25, 0.3) is 0 Å². The maximum absolute atomic E-state index is 11.6. The quantitative estimate of drug-likeness (QED) is 0.675. The highest BCUT2D eigenvalue weighted by atomic mass is 32.2. The molecule has 0 saturated carbocycles. The second-order valence-corrected chi connectivity index (χ2v) is 6.82. The molecule has 2 aromatic carbocycles. The van der Waals surface area contributed by atoms with Gasteiger partial charge in [-0.05, 0) is 42.5 Å². The van der Waals surface area contributed by atoms with Crippen LogP contribution in [0.15, 0.2) is 59.5 Å². The van der Waals surface area contributed by atoms with Gasteiger partial charge in [-0.2, -0.15) is 0 Å². The van der Waals surface area contributed by atoms with Gasteiger partial charge >= 0.3 is 0 Å². The van der Waals surface area contributed by atoms with Crippen LogP contribution in [0.4, 0.5) is 0 Å². The minimum absolute atomic E-state index is 0.0809. The van der Waals surface area contributed by atoms with Crippen molar-refractivity contribution in [3.8, 4) is 5.75 Å². The largest absolute Gasteiger partial charge is 0.493 e. The Hall–Kier alpha value is -1.94. The molecule has 0 heterocycles. The van der Waals surface area contributed by atoms with E-state index in [-0.39, 0.29) is 11.8 Å². The number of hydrogen-bond acceptors (Lipinski definition) is 3. The minimum atomic E-state index is 0.0809. The van der Waals surface area contributed by atoms with Gasteiger partial charge in [0.2, 0.25) is 5.91 Å². The topological polar surface area (TPSA) is 29.5 Å². The van der Waals surface area contributed by atoms with Crippen molar-refractivity contribution < 1.29 is 9.53 Å². The monoisotopic (exact) mass is 343 g/mol. The van der Waals surface area contributed by atoms with Crippen LogP contribution in [0.25, 0.3) is 0 Å². The average Bonchev–Trinajstić information content (AvgIpc) is 2.61. The minimum Gasteiger partial charge on any atom is -0.493 e. The van der Waals surface area contributed by atoms with E-state index in [9.17, 15) is 4.79 Å². The van der Waals surface area contributed by atoms with Gasteiger partial charge in [-0.1, -0.05) is 30.3 Å². The predicted molar refractivity (Wildman–Crippen MR) is 101 cm³/mol. The second kappa shape index (κ2) is 9.38. The molecular weight excluding hydrogens is 318 g/mol. The molecule has 0 aromatic heterocycles. The molecule has 0 aliphatic carbocycles. The van der Waals surface area contributed by atoms with Gasteiger partial charge < -0.3 is 9.64 Å². The summed E-state index contributed by atoms with van der Waals surface area (Å²) in [6, 6.07) is 18.5. The first-order valence-corrected chi connectivity index (χ1v) is 9.33. The maximum Gasteiger partial charge on any atom is 0.219 e. The van der Waals surface area contributed by atoms with E-state index < -0.39 is 0 Å². The van der Waals surface area contributed by atoms with Crippen LogP contribution in [0.1, 0.15) is 12.5 Å². The summed E-state index contributed by atoms with van der Waals surface area (Å²) in [5, 5.41) is 0. The Kier molecular flexibility index (Phi) is 7.19. The van der Waals surface area contributed by atoms with E-state index in [0.717, 1.165) is 12.2 Å². The van der Waals surface area contributed by atoms with Gasteiger partial charge in [0, 0.05) is 31.3 Å². The Balaban J connectivity index is 1.99. The molecule has 0 spiro atoms. The van der Waals surface area contributed by atoms with E-state index in [4.69, 9.17) is 4.74 Å². The smallest absolute Gasteiger partial charge is 0.219 e. The van der Waals surface area contributed by atoms with Crippen LogP contribution >= 0.6 is 11.8 Å². The summed E-state index contributed by atoms with van der Waals surface area (Å²) in [6.07, 6.45) is 2.95. The van der Waals surface area contributed by atoms with Gasteiger partial charge in [0.05, 0.1) is 6.61 Å². The SMILES string of the molecule is CSc1ccc(OCC(Cc2ccccc2)CN(C)C(C)=O)cc1. The Bertz CT molecular complexity index is 628. The first-order chi connectivity index (χ1) is 11.6. The molecule has 0 aliphatic heterocycles.